The van der Waals surface area contributed by atoms with E-state index >= 15 is 0 Å². The molecular weight excluding hydrogens is 251 g/mol. The Bertz CT molecular complexity index is 609. The van der Waals surface area contributed by atoms with Crippen LogP contribution in [0, 0.1) is 24.4 Å². The summed E-state index contributed by atoms with van der Waals surface area (Å²) in [6.07, 6.45) is 0. The van der Waals surface area contributed by atoms with Gasteiger partial charge in [0.1, 0.15) is 0 Å². The number of nitrogens with one attached hydrogen (secondary N) is 1. The van der Waals surface area contributed by atoms with Crippen LogP contribution in [0.15, 0.2) is 30.3 Å². The van der Waals surface area contributed by atoms with Gasteiger partial charge in [0.05, 0.1) is 0 Å². The van der Waals surface area contributed by atoms with Crippen molar-refractivity contribution >= 4 is 0 Å². The fraction of sp³-hybridized carbons (Fsp3) is 0.200. The molecule has 1 N–H and O–H groups in total. The van der Waals surface area contributed by atoms with Crippen molar-refractivity contribution in [3.8, 4) is 11.1 Å². The zero-order valence-electron chi connectivity index (χ0n) is 10.7. The topological polar surface area (TPSA) is 12.0 Å². The quantitative estimate of drug-likeness (QED) is 0.832. The molecule has 0 amide bonds. The molecule has 0 unspecified atom stereocenters. The minimum absolute atomic E-state index is 0.0781. The van der Waals surface area contributed by atoms with Crippen molar-refractivity contribution in [3.05, 3.63) is 58.9 Å². The van der Waals surface area contributed by atoms with Gasteiger partial charge in [-0.2, -0.15) is 0 Å². The molecule has 0 aliphatic carbocycles. The van der Waals surface area contributed by atoms with E-state index in [4.69, 9.17) is 0 Å². The number of aryl methyl sites for hydroxylation is 1. The summed E-state index contributed by atoms with van der Waals surface area (Å²) in [5, 5.41) is 2.99. The lowest BCUT2D eigenvalue weighted by Crippen LogP contribution is -2.05. The highest BCUT2D eigenvalue weighted by atomic mass is 19.2. The van der Waals surface area contributed by atoms with Crippen molar-refractivity contribution in [1.29, 1.82) is 0 Å². The SMILES string of the molecule is CNCc1ccc(C)c(-c2ccc(F)c(F)c2F)c1. The molecule has 1 nitrogen and oxygen atoms in total. The standard InChI is InChI=1S/C15H14F3N/c1-9-3-4-10(8-19-2)7-12(9)11-5-6-13(16)15(18)14(11)17/h3-7,19H,8H2,1-2H3. The highest BCUT2D eigenvalue weighted by Crippen LogP contribution is 2.29. The molecule has 0 aliphatic rings. The van der Waals surface area contributed by atoms with Crippen LogP contribution < -0.4 is 5.32 Å². The van der Waals surface area contributed by atoms with Crippen LogP contribution >= 0.6 is 0 Å². The first-order valence-electron chi connectivity index (χ1n) is 5.92. The van der Waals surface area contributed by atoms with Crippen molar-refractivity contribution in [3.63, 3.8) is 0 Å². The van der Waals surface area contributed by atoms with E-state index in [-0.39, 0.29) is 5.56 Å². The van der Waals surface area contributed by atoms with Crippen LogP contribution in [0.25, 0.3) is 11.1 Å². The summed E-state index contributed by atoms with van der Waals surface area (Å²) >= 11 is 0. The molecule has 4 heteroatoms. The molecule has 2 aromatic rings. The Morgan fingerprint density at radius 1 is 0.947 bits per heavy atom. The smallest absolute Gasteiger partial charge is 0.195 e. The normalized spacial score (nSPS) is 10.8. The average molecular weight is 265 g/mol. The number of benzene rings is 2. The van der Waals surface area contributed by atoms with Crippen LogP contribution in [0.5, 0.6) is 0 Å². The predicted octanol–water partition coefficient (Wildman–Crippen LogP) is 3.80. The maximum absolute atomic E-state index is 13.8. The van der Waals surface area contributed by atoms with E-state index in [9.17, 15) is 13.2 Å². The highest BCUT2D eigenvalue weighted by molar-refractivity contribution is 5.68. The van der Waals surface area contributed by atoms with E-state index in [2.05, 4.69) is 5.32 Å². The maximum atomic E-state index is 13.8. The molecule has 19 heavy (non-hydrogen) atoms. The third kappa shape index (κ3) is 2.63. The molecule has 2 rings (SSSR count). The zero-order chi connectivity index (χ0) is 14.0. The molecule has 0 radical (unpaired) electrons. The van der Waals surface area contributed by atoms with Crippen LogP contribution in [0.4, 0.5) is 13.2 Å². The fourth-order valence-corrected chi connectivity index (χ4v) is 2.01. The summed E-state index contributed by atoms with van der Waals surface area (Å²) in [5.74, 6) is -3.76. The molecule has 0 spiro atoms. The summed E-state index contributed by atoms with van der Waals surface area (Å²) in [5.41, 5.74) is 2.41. The number of rotatable bonds is 3. The Morgan fingerprint density at radius 3 is 2.37 bits per heavy atom. The van der Waals surface area contributed by atoms with Crippen LogP contribution in [0.3, 0.4) is 0 Å². The molecule has 0 saturated heterocycles. The van der Waals surface area contributed by atoms with Crippen LogP contribution in [-0.4, -0.2) is 7.05 Å². The summed E-state index contributed by atoms with van der Waals surface area (Å²) in [6.45, 7) is 2.43. The van der Waals surface area contributed by atoms with E-state index in [0.29, 0.717) is 12.1 Å². The van der Waals surface area contributed by atoms with E-state index in [1.807, 2.05) is 12.1 Å². The number of hydrogen-bond acceptors (Lipinski definition) is 1. The van der Waals surface area contributed by atoms with Gasteiger partial charge >= 0.3 is 0 Å². The van der Waals surface area contributed by atoms with Gasteiger partial charge in [-0.05, 0) is 48.9 Å². The van der Waals surface area contributed by atoms with Gasteiger partial charge in [-0.25, -0.2) is 13.2 Å². The zero-order valence-corrected chi connectivity index (χ0v) is 10.7. The largest absolute Gasteiger partial charge is 0.316 e. The van der Waals surface area contributed by atoms with Crippen molar-refractivity contribution < 1.29 is 13.2 Å². The van der Waals surface area contributed by atoms with Gasteiger partial charge in [-0.1, -0.05) is 12.1 Å². The molecule has 0 fully saturated rings. The van der Waals surface area contributed by atoms with Crippen molar-refractivity contribution in [2.45, 2.75) is 13.5 Å². The fourth-order valence-electron chi connectivity index (χ4n) is 2.01. The average Bonchev–Trinajstić information content (AvgIpc) is 2.39. The van der Waals surface area contributed by atoms with Gasteiger partial charge in [0.15, 0.2) is 17.5 Å². The Labute approximate surface area is 110 Å². The third-order valence-corrected chi connectivity index (χ3v) is 3.01. The van der Waals surface area contributed by atoms with Crippen LogP contribution in [-0.2, 0) is 6.54 Å². The second kappa shape index (κ2) is 5.45. The number of hydrogen-bond donors (Lipinski definition) is 1. The molecular formula is C15H14F3N. The van der Waals surface area contributed by atoms with Gasteiger partial charge in [0.2, 0.25) is 0 Å². The summed E-state index contributed by atoms with van der Waals surface area (Å²) in [6, 6.07) is 7.73. The minimum Gasteiger partial charge on any atom is -0.316 e. The van der Waals surface area contributed by atoms with Gasteiger partial charge in [-0.3, -0.25) is 0 Å². The Morgan fingerprint density at radius 2 is 1.68 bits per heavy atom. The Balaban J connectivity index is 2.58. The Hall–Kier alpha value is -1.81. The van der Waals surface area contributed by atoms with Crippen LogP contribution in [0.2, 0.25) is 0 Å². The first kappa shape index (κ1) is 13.6. The molecule has 0 heterocycles. The monoisotopic (exact) mass is 265 g/mol. The van der Waals surface area contributed by atoms with E-state index in [0.717, 1.165) is 17.2 Å². The number of halogens is 3. The van der Waals surface area contributed by atoms with Crippen molar-refractivity contribution in [2.24, 2.45) is 0 Å². The molecule has 0 bridgehead atoms. The molecule has 0 aliphatic heterocycles. The second-order valence-electron chi connectivity index (χ2n) is 4.40. The molecule has 0 aromatic heterocycles. The summed E-state index contributed by atoms with van der Waals surface area (Å²) in [4.78, 5) is 0. The first-order valence-corrected chi connectivity index (χ1v) is 5.92. The summed E-state index contributed by atoms with van der Waals surface area (Å²) < 4.78 is 40.1. The Kier molecular flexibility index (Phi) is 3.90. The van der Waals surface area contributed by atoms with Gasteiger partial charge < -0.3 is 5.32 Å². The van der Waals surface area contributed by atoms with Gasteiger partial charge in [-0.15, -0.1) is 0 Å². The lowest BCUT2D eigenvalue weighted by atomic mass is 9.97. The third-order valence-electron chi connectivity index (χ3n) is 3.01. The van der Waals surface area contributed by atoms with E-state index in [1.54, 1.807) is 20.0 Å². The van der Waals surface area contributed by atoms with E-state index < -0.39 is 17.5 Å². The molecule has 0 atom stereocenters. The highest BCUT2D eigenvalue weighted by Gasteiger charge is 2.16. The second-order valence-corrected chi connectivity index (χ2v) is 4.40. The first-order chi connectivity index (χ1) is 9.04. The molecule has 2 aromatic carbocycles. The van der Waals surface area contributed by atoms with E-state index in [1.165, 1.54) is 6.07 Å². The van der Waals surface area contributed by atoms with Crippen molar-refractivity contribution in [1.82, 2.24) is 5.32 Å². The minimum atomic E-state index is -1.43. The molecule has 0 saturated carbocycles. The van der Waals surface area contributed by atoms with Gasteiger partial charge in [0, 0.05) is 12.1 Å². The van der Waals surface area contributed by atoms with Crippen molar-refractivity contribution in [2.75, 3.05) is 7.05 Å². The lowest BCUT2D eigenvalue weighted by molar-refractivity contribution is 0.449. The van der Waals surface area contributed by atoms with Crippen LogP contribution in [0.1, 0.15) is 11.1 Å². The molecule has 100 valence electrons. The van der Waals surface area contributed by atoms with Gasteiger partial charge in [0.25, 0.3) is 0 Å². The predicted molar refractivity (Wildman–Crippen MR) is 69.3 cm³/mol. The maximum Gasteiger partial charge on any atom is 0.195 e. The summed E-state index contributed by atoms with van der Waals surface area (Å²) in [7, 11) is 1.80. The lowest BCUT2D eigenvalue weighted by Gasteiger charge is -2.10.